The Morgan fingerprint density at radius 3 is 2.95 bits per heavy atom. The van der Waals surface area contributed by atoms with Crippen LogP contribution in [-0.2, 0) is 6.42 Å². The number of hydrogen-bond donors (Lipinski definition) is 2. The highest BCUT2D eigenvalue weighted by atomic mass is 35.5. The molecule has 0 atom stereocenters. The molecule has 0 spiro atoms. The quantitative estimate of drug-likeness (QED) is 0.654. The van der Waals surface area contributed by atoms with Gasteiger partial charge in [0, 0.05) is 29.4 Å². The zero-order valence-electron chi connectivity index (χ0n) is 10.7. The number of methoxy groups -OCH3 is 1. The second-order valence-electron chi connectivity index (χ2n) is 4.28. The van der Waals surface area contributed by atoms with Crippen molar-refractivity contribution in [3.05, 3.63) is 40.1 Å². The number of benzene rings is 1. The van der Waals surface area contributed by atoms with E-state index in [1.54, 1.807) is 25.4 Å². The van der Waals surface area contributed by atoms with Crippen LogP contribution in [0.1, 0.15) is 22.3 Å². The van der Waals surface area contributed by atoms with E-state index in [0.717, 1.165) is 12.0 Å². The molecule has 0 radical (unpaired) electrons. The molecule has 0 saturated carbocycles. The molecule has 0 saturated heterocycles. The van der Waals surface area contributed by atoms with Gasteiger partial charge in [0.25, 0.3) is 0 Å². The molecule has 2 rings (SSSR count). The van der Waals surface area contributed by atoms with Gasteiger partial charge in [-0.15, -0.1) is 0 Å². The molecule has 0 aliphatic heterocycles. The number of halogens is 1. The van der Waals surface area contributed by atoms with E-state index < -0.39 is 0 Å². The van der Waals surface area contributed by atoms with Gasteiger partial charge in [-0.25, -0.2) is 0 Å². The molecule has 1 aliphatic carbocycles. The van der Waals surface area contributed by atoms with E-state index in [-0.39, 0.29) is 12.4 Å². The third kappa shape index (κ3) is 2.74. The van der Waals surface area contributed by atoms with Crippen molar-refractivity contribution in [2.75, 3.05) is 20.3 Å². The molecule has 102 valence electrons. The van der Waals surface area contributed by atoms with Crippen molar-refractivity contribution in [3.63, 3.8) is 0 Å². The third-order valence-corrected chi connectivity index (χ3v) is 3.45. The Morgan fingerprint density at radius 2 is 2.26 bits per heavy atom. The first-order valence-electron chi connectivity index (χ1n) is 6.12. The number of rotatable bonds is 4. The van der Waals surface area contributed by atoms with E-state index in [1.807, 2.05) is 0 Å². The van der Waals surface area contributed by atoms with Crippen LogP contribution in [0.4, 0.5) is 0 Å². The standard InChI is InChI=1S/C14H16ClNO3/c1-19-12-5-4-11(15)13-10(12)3-2-9(14(13)18)8-16-6-7-17/h4-5,8,16-17H,2-3,6-7H2,1H3/b9-8-. The van der Waals surface area contributed by atoms with Gasteiger partial charge in [0.15, 0.2) is 5.78 Å². The molecule has 0 bridgehead atoms. The van der Waals surface area contributed by atoms with Crippen molar-refractivity contribution in [2.24, 2.45) is 0 Å². The predicted octanol–water partition coefficient (Wildman–Crippen LogP) is 1.94. The largest absolute Gasteiger partial charge is 0.496 e. The lowest BCUT2D eigenvalue weighted by Gasteiger charge is -2.21. The average molecular weight is 282 g/mol. The molecule has 0 unspecified atom stereocenters. The molecular weight excluding hydrogens is 266 g/mol. The number of fused-ring (bicyclic) bond motifs is 1. The fourth-order valence-corrected chi connectivity index (χ4v) is 2.48. The van der Waals surface area contributed by atoms with Crippen LogP contribution in [0.2, 0.25) is 5.02 Å². The molecule has 4 nitrogen and oxygen atoms in total. The fourth-order valence-electron chi connectivity index (χ4n) is 2.22. The van der Waals surface area contributed by atoms with Crippen LogP contribution in [0.5, 0.6) is 5.75 Å². The van der Waals surface area contributed by atoms with E-state index in [1.165, 1.54) is 0 Å². The third-order valence-electron chi connectivity index (χ3n) is 3.13. The number of Topliss-reactive ketones (excluding diaryl/α,β-unsaturated/α-hetero) is 1. The summed E-state index contributed by atoms with van der Waals surface area (Å²) in [5.41, 5.74) is 2.08. The lowest BCUT2D eigenvalue weighted by atomic mass is 9.86. The van der Waals surface area contributed by atoms with Crippen LogP contribution >= 0.6 is 11.6 Å². The zero-order valence-corrected chi connectivity index (χ0v) is 11.5. The van der Waals surface area contributed by atoms with Crippen LogP contribution < -0.4 is 10.1 Å². The number of ketones is 1. The van der Waals surface area contributed by atoms with Gasteiger partial charge in [-0.05, 0) is 25.0 Å². The maximum atomic E-state index is 12.4. The highest BCUT2D eigenvalue weighted by Crippen LogP contribution is 2.36. The number of ether oxygens (including phenoxy) is 1. The Balaban J connectivity index is 2.35. The van der Waals surface area contributed by atoms with Crippen molar-refractivity contribution < 1.29 is 14.6 Å². The Hall–Kier alpha value is -1.52. The Morgan fingerprint density at radius 1 is 1.47 bits per heavy atom. The first-order valence-corrected chi connectivity index (χ1v) is 6.50. The number of hydrogen-bond acceptors (Lipinski definition) is 4. The molecule has 0 heterocycles. The van der Waals surface area contributed by atoms with Crippen molar-refractivity contribution >= 4 is 17.4 Å². The zero-order chi connectivity index (χ0) is 13.8. The van der Waals surface area contributed by atoms with Gasteiger partial charge in [-0.1, -0.05) is 11.6 Å². The second kappa shape index (κ2) is 6.08. The Labute approximate surface area is 117 Å². The summed E-state index contributed by atoms with van der Waals surface area (Å²) in [7, 11) is 1.59. The molecule has 1 aromatic carbocycles. The Bertz CT molecular complexity index is 526. The van der Waals surface area contributed by atoms with Gasteiger partial charge in [-0.3, -0.25) is 4.79 Å². The molecule has 0 aromatic heterocycles. The summed E-state index contributed by atoms with van der Waals surface area (Å²) in [6.07, 6.45) is 3.02. The Kier molecular flexibility index (Phi) is 4.45. The molecule has 0 amide bonds. The predicted molar refractivity (Wildman–Crippen MR) is 73.8 cm³/mol. The van der Waals surface area contributed by atoms with Crippen LogP contribution in [-0.4, -0.2) is 31.2 Å². The summed E-state index contributed by atoms with van der Waals surface area (Å²) >= 11 is 6.13. The second-order valence-corrected chi connectivity index (χ2v) is 4.69. The summed E-state index contributed by atoms with van der Waals surface area (Å²) < 4.78 is 5.27. The van der Waals surface area contributed by atoms with E-state index >= 15 is 0 Å². The summed E-state index contributed by atoms with van der Waals surface area (Å²) in [6.45, 7) is 0.457. The lowest BCUT2D eigenvalue weighted by molar-refractivity contribution is 0.102. The van der Waals surface area contributed by atoms with E-state index in [9.17, 15) is 4.79 Å². The SMILES string of the molecule is COc1ccc(Cl)c2c1CC/C(=C/NCCO)C2=O. The average Bonchev–Trinajstić information content (AvgIpc) is 2.42. The maximum absolute atomic E-state index is 12.4. The van der Waals surface area contributed by atoms with Crippen LogP contribution in [0.15, 0.2) is 23.9 Å². The number of aliphatic hydroxyl groups is 1. The van der Waals surface area contributed by atoms with E-state index in [2.05, 4.69) is 5.32 Å². The molecule has 1 aromatic rings. The summed E-state index contributed by atoms with van der Waals surface area (Å²) in [5, 5.41) is 12.1. The highest BCUT2D eigenvalue weighted by Gasteiger charge is 2.27. The minimum atomic E-state index is -0.0735. The van der Waals surface area contributed by atoms with Gasteiger partial charge in [0.1, 0.15) is 5.75 Å². The smallest absolute Gasteiger partial charge is 0.192 e. The number of nitrogens with one attached hydrogen (secondary N) is 1. The van der Waals surface area contributed by atoms with E-state index in [0.29, 0.717) is 34.9 Å². The number of carbonyl (C=O) groups excluding carboxylic acids is 1. The summed E-state index contributed by atoms with van der Waals surface area (Å²) in [4.78, 5) is 12.4. The minimum Gasteiger partial charge on any atom is -0.496 e. The van der Waals surface area contributed by atoms with Crippen molar-refractivity contribution in [1.29, 1.82) is 0 Å². The first-order chi connectivity index (χ1) is 9.19. The van der Waals surface area contributed by atoms with Crippen molar-refractivity contribution in [2.45, 2.75) is 12.8 Å². The molecule has 1 aliphatic rings. The van der Waals surface area contributed by atoms with Gasteiger partial charge in [-0.2, -0.15) is 0 Å². The highest BCUT2D eigenvalue weighted by molar-refractivity contribution is 6.35. The molecule has 2 N–H and O–H groups in total. The molecule has 0 fully saturated rings. The minimum absolute atomic E-state index is 0.0309. The normalized spacial score (nSPS) is 16.4. The number of aliphatic hydroxyl groups excluding tert-OH is 1. The lowest BCUT2D eigenvalue weighted by Crippen LogP contribution is -2.19. The van der Waals surface area contributed by atoms with Gasteiger partial charge in [0.05, 0.1) is 18.7 Å². The first kappa shape index (κ1) is 13.9. The monoisotopic (exact) mass is 281 g/mol. The number of allylic oxidation sites excluding steroid dienone is 1. The van der Waals surface area contributed by atoms with E-state index in [4.69, 9.17) is 21.4 Å². The molecular formula is C14H16ClNO3. The van der Waals surface area contributed by atoms with Crippen LogP contribution in [0.25, 0.3) is 0 Å². The number of carbonyl (C=O) groups is 1. The van der Waals surface area contributed by atoms with Gasteiger partial charge in [0.2, 0.25) is 0 Å². The maximum Gasteiger partial charge on any atom is 0.192 e. The van der Waals surface area contributed by atoms with Gasteiger partial charge >= 0.3 is 0 Å². The van der Waals surface area contributed by atoms with Crippen molar-refractivity contribution in [1.82, 2.24) is 5.32 Å². The molecule has 19 heavy (non-hydrogen) atoms. The topological polar surface area (TPSA) is 58.6 Å². The van der Waals surface area contributed by atoms with Crippen LogP contribution in [0, 0.1) is 0 Å². The summed E-state index contributed by atoms with van der Waals surface area (Å²) in [6, 6.07) is 3.47. The van der Waals surface area contributed by atoms with Crippen molar-refractivity contribution in [3.8, 4) is 5.75 Å². The van der Waals surface area contributed by atoms with Gasteiger partial charge < -0.3 is 15.2 Å². The fraction of sp³-hybridized carbons (Fsp3) is 0.357. The summed E-state index contributed by atoms with van der Waals surface area (Å²) in [5.74, 6) is 0.630. The molecule has 5 heteroatoms. The van der Waals surface area contributed by atoms with Crippen LogP contribution in [0.3, 0.4) is 0 Å².